The molecule has 1 amide bonds. The van der Waals surface area contributed by atoms with Gasteiger partial charge in [-0.15, -0.1) is 15.3 Å². The van der Waals surface area contributed by atoms with Gasteiger partial charge < -0.3 is 15.4 Å². The van der Waals surface area contributed by atoms with E-state index in [1.807, 2.05) is 0 Å². The van der Waals surface area contributed by atoms with Gasteiger partial charge in [0, 0.05) is 12.6 Å². The zero-order valence-electron chi connectivity index (χ0n) is 13.6. The van der Waals surface area contributed by atoms with Crippen molar-refractivity contribution in [1.82, 2.24) is 19.8 Å². The summed E-state index contributed by atoms with van der Waals surface area (Å²) in [5, 5.41) is 15.9. The number of hydrogen-bond donors (Lipinski definition) is 2. The molecule has 8 nitrogen and oxygen atoms in total. The molecule has 0 aliphatic heterocycles. The zero-order chi connectivity index (χ0) is 18.9. The molecule has 3 rings (SSSR count). The summed E-state index contributed by atoms with van der Waals surface area (Å²) in [6.07, 6.45) is -4.68. The summed E-state index contributed by atoms with van der Waals surface area (Å²) in [4.78, 5) is 11.3. The van der Waals surface area contributed by atoms with Gasteiger partial charge in [-0.2, -0.15) is 17.7 Å². The summed E-state index contributed by atoms with van der Waals surface area (Å²) in [6.45, 7) is 1.35. The van der Waals surface area contributed by atoms with Gasteiger partial charge in [0.25, 0.3) is 5.82 Å². The fourth-order valence-electron chi connectivity index (χ4n) is 2.25. The summed E-state index contributed by atoms with van der Waals surface area (Å²) in [5.74, 6) is -0.932. The van der Waals surface area contributed by atoms with Crippen LogP contribution in [-0.2, 0) is 11.0 Å². The zero-order valence-corrected chi connectivity index (χ0v) is 13.6. The Balaban J connectivity index is 1.94. The summed E-state index contributed by atoms with van der Waals surface area (Å²) < 4.78 is 44.5. The number of nitrogens with zero attached hydrogens (tertiary/aromatic N) is 4. The number of aromatic nitrogens is 4. The number of anilines is 3. The first kappa shape index (κ1) is 17.5. The fraction of sp³-hybridized carbons (Fsp3) is 0.200. The van der Waals surface area contributed by atoms with E-state index in [2.05, 4.69) is 25.9 Å². The molecule has 0 radical (unpaired) electrons. The Labute approximate surface area is 145 Å². The molecule has 0 fully saturated rings. The summed E-state index contributed by atoms with van der Waals surface area (Å²) >= 11 is 0. The average Bonchev–Trinajstić information content (AvgIpc) is 2.98. The van der Waals surface area contributed by atoms with Gasteiger partial charge in [0.05, 0.1) is 12.8 Å². The lowest BCUT2D eigenvalue weighted by molar-refractivity contribution is -0.146. The molecule has 0 aliphatic rings. The van der Waals surface area contributed by atoms with E-state index in [0.717, 1.165) is 0 Å². The Kier molecular flexibility index (Phi) is 4.36. The predicted octanol–water partition coefficient (Wildman–Crippen LogP) is 2.85. The minimum absolute atomic E-state index is 0.0310. The number of carbonyl (C=O) groups is 1. The van der Waals surface area contributed by atoms with Crippen molar-refractivity contribution < 1.29 is 22.7 Å². The third kappa shape index (κ3) is 3.50. The number of alkyl halides is 3. The second kappa shape index (κ2) is 6.50. The van der Waals surface area contributed by atoms with Gasteiger partial charge in [-0.1, -0.05) is 0 Å². The molecule has 0 saturated heterocycles. The molecule has 2 heterocycles. The topological polar surface area (TPSA) is 93.4 Å². The number of hydrogen-bond acceptors (Lipinski definition) is 6. The summed E-state index contributed by atoms with van der Waals surface area (Å²) in [6, 6.07) is 7.63. The van der Waals surface area contributed by atoms with Crippen LogP contribution in [0.4, 0.5) is 30.4 Å². The Hall–Kier alpha value is -3.37. The molecule has 0 saturated carbocycles. The van der Waals surface area contributed by atoms with Gasteiger partial charge in [-0.3, -0.25) is 4.79 Å². The third-order valence-electron chi connectivity index (χ3n) is 3.30. The number of benzene rings is 1. The van der Waals surface area contributed by atoms with E-state index in [0.29, 0.717) is 21.6 Å². The molecule has 2 aromatic heterocycles. The number of halogens is 3. The summed E-state index contributed by atoms with van der Waals surface area (Å²) in [5.41, 5.74) is 0.867. The number of ether oxygens (including phenoxy) is 1. The Morgan fingerprint density at radius 3 is 2.62 bits per heavy atom. The predicted molar refractivity (Wildman–Crippen MR) is 86.4 cm³/mol. The van der Waals surface area contributed by atoms with Crippen LogP contribution in [0.1, 0.15) is 12.7 Å². The van der Waals surface area contributed by atoms with Crippen LogP contribution in [0.15, 0.2) is 30.3 Å². The van der Waals surface area contributed by atoms with Crippen LogP contribution in [0.25, 0.3) is 5.65 Å². The minimum atomic E-state index is -4.68. The third-order valence-corrected chi connectivity index (χ3v) is 3.30. The molecule has 1 aromatic carbocycles. The van der Waals surface area contributed by atoms with Crippen LogP contribution in [0.3, 0.4) is 0 Å². The molecule has 0 atom stereocenters. The van der Waals surface area contributed by atoms with Gasteiger partial charge in [-0.25, -0.2) is 0 Å². The Morgan fingerprint density at radius 2 is 1.96 bits per heavy atom. The monoisotopic (exact) mass is 366 g/mol. The quantitative estimate of drug-likeness (QED) is 0.738. The Bertz CT molecular complexity index is 970. The first-order valence-corrected chi connectivity index (χ1v) is 7.30. The van der Waals surface area contributed by atoms with Crippen molar-refractivity contribution in [3.05, 3.63) is 36.2 Å². The Morgan fingerprint density at radius 1 is 1.19 bits per heavy atom. The van der Waals surface area contributed by atoms with Crippen molar-refractivity contribution in [2.45, 2.75) is 13.1 Å². The van der Waals surface area contributed by atoms with E-state index in [1.165, 1.54) is 26.2 Å². The van der Waals surface area contributed by atoms with Crippen molar-refractivity contribution >= 4 is 28.7 Å². The largest absolute Gasteiger partial charge is 0.495 e. The number of fused-ring (bicyclic) bond motifs is 1. The second-order valence-electron chi connectivity index (χ2n) is 5.23. The molecule has 3 aromatic rings. The van der Waals surface area contributed by atoms with E-state index >= 15 is 0 Å². The van der Waals surface area contributed by atoms with Crippen LogP contribution in [0.2, 0.25) is 0 Å². The van der Waals surface area contributed by atoms with Crippen LogP contribution in [0.5, 0.6) is 5.75 Å². The molecule has 2 N–H and O–H groups in total. The highest BCUT2D eigenvalue weighted by Crippen LogP contribution is 2.30. The highest BCUT2D eigenvalue weighted by molar-refractivity contribution is 5.91. The second-order valence-corrected chi connectivity index (χ2v) is 5.23. The molecule has 11 heteroatoms. The van der Waals surface area contributed by atoms with Crippen LogP contribution >= 0.6 is 0 Å². The van der Waals surface area contributed by atoms with E-state index in [1.54, 1.807) is 18.2 Å². The number of carbonyl (C=O) groups excluding carboxylic acids is 1. The lowest BCUT2D eigenvalue weighted by atomic mass is 10.2. The molecule has 0 unspecified atom stereocenters. The molecule has 136 valence electrons. The first-order chi connectivity index (χ1) is 12.3. The van der Waals surface area contributed by atoms with E-state index in [9.17, 15) is 18.0 Å². The van der Waals surface area contributed by atoms with Gasteiger partial charge in [0.2, 0.25) is 5.91 Å². The first-order valence-electron chi connectivity index (χ1n) is 7.30. The molecular weight excluding hydrogens is 353 g/mol. The number of methoxy groups -OCH3 is 1. The standard InChI is InChI=1S/C15H13F3N6O2/c1-8(25)19-10-7-9(3-4-11(10)26-2)20-12-5-6-13-21-22-14(15(16,17)18)24(13)23-12/h3-7H,1-2H3,(H,19,25)(H,20,23). The number of nitrogens with one attached hydrogen (secondary N) is 2. The van der Waals surface area contributed by atoms with Gasteiger partial charge in [0.15, 0.2) is 11.5 Å². The number of rotatable bonds is 4. The highest BCUT2D eigenvalue weighted by atomic mass is 19.4. The van der Waals surface area contributed by atoms with Gasteiger partial charge in [0.1, 0.15) is 5.75 Å². The lowest BCUT2D eigenvalue weighted by Crippen LogP contribution is -2.13. The van der Waals surface area contributed by atoms with Crippen molar-refractivity contribution in [3.8, 4) is 5.75 Å². The fourth-order valence-corrected chi connectivity index (χ4v) is 2.25. The van der Waals surface area contributed by atoms with Crippen molar-refractivity contribution in [2.75, 3.05) is 17.7 Å². The maximum atomic E-state index is 12.9. The molecule has 0 spiro atoms. The van der Waals surface area contributed by atoms with Crippen molar-refractivity contribution in [2.24, 2.45) is 0 Å². The van der Waals surface area contributed by atoms with E-state index in [-0.39, 0.29) is 17.4 Å². The van der Waals surface area contributed by atoms with Crippen LogP contribution < -0.4 is 15.4 Å². The maximum Gasteiger partial charge on any atom is 0.453 e. The maximum absolute atomic E-state index is 12.9. The molecule has 0 aliphatic carbocycles. The molecule has 0 bridgehead atoms. The average molecular weight is 366 g/mol. The van der Waals surface area contributed by atoms with Crippen molar-refractivity contribution in [1.29, 1.82) is 0 Å². The van der Waals surface area contributed by atoms with E-state index in [4.69, 9.17) is 4.74 Å². The summed E-state index contributed by atoms with van der Waals surface area (Å²) in [7, 11) is 1.45. The minimum Gasteiger partial charge on any atom is -0.495 e. The molecular formula is C15H13F3N6O2. The van der Waals surface area contributed by atoms with Crippen molar-refractivity contribution in [3.63, 3.8) is 0 Å². The lowest BCUT2D eigenvalue weighted by Gasteiger charge is -2.12. The number of amides is 1. The SMILES string of the molecule is COc1ccc(Nc2ccc3nnc(C(F)(F)F)n3n2)cc1NC(C)=O. The normalized spacial score (nSPS) is 11.4. The van der Waals surface area contributed by atoms with E-state index < -0.39 is 12.0 Å². The van der Waals surface area contributed by atoms with Gasteiger partial charge >= 0.3 is 6.18 Å². The smallest absolute Gasteiger partial charge is 0.453 e. The van der Waals surface area contributed by atoms with Crippen LogP contribution in [0, 0.1) is 0 Å². The molecule has 26 heavy (non-hydrogen) atoms. The van der Waals surface area contributed by atoms with Gasteiger partial charge in [-0.05, 0) is 30.3 Å². The van der Waals surface area contributed by atoms with Crippen LogP contribution in [-0.4, -0.2) is 32.8 Å². The highest BCUT2D eigenvalue weighted by Gasteiger charge is 2.37.